The van der Waals surface area contributed by atoms with E-state index in [1.165, 1.54) is 0 Å². The van der Waals surface area contributed by atoms with Crippen molar-refractivity contribution in [3.05, 3.63) is 29.8 Å². The largest absolute Gasteiger partial charge is 0.479 e. The fourth-order valence-corrected chi connectivity index (χ4v) is 2.63. The first-order chi connectivity index (χ1) is 8.20. The van der Waals surface area contributed by atoms with Crippen LogP contribution in [0.4, 0.5) is 0 Å². The minimum absolute atomic E-state index is 0.00213. The lowest BCUT2D eigenvalue weighted by molar-refractivity contribution is -0.205. The fourth-order valence-electron chi connectivity index (χ4n) is 2.63. The van der Waals surface area contributed by atoms with Gasteiger partial charge in [0.2, 0.25) is 0 Å². The van der Waals surface area contributed by atoms with Gasteiger partial charge in [0, 0.05) is 19.8 Å². The lowest BCUT2D eigenvalue weighted by Gasteiger charge is -2.37. The van der Waals surface area contributed by atoms with Crippen molar-refractivity contribution in [2.75, 3.05) is 14.2 Å². The maximum Gasteiger partial charge on any atom is 0.199 e. The average Bonchev–Trinajstić information content (AvgIpc) is 3.12. The first kappa shape index (κ1) is 11.0. The van der Waals surface area contributed by atoms with E-state index in [4.69, 9.17) is 18.9 Å². The van der Waals surface area contributed by atoms with Crippen molar-refractivity contribution in [2.24, 2.45) is 0 Å². The van der Waals surface area contributed by atoms with Gasteiger partial charge >= 0.3 is 0 Å². The third kappa shape index (κ3) is 1.48. The number of epoxide rings is 1. The van der Waals surface area contributed by atoms with Crippen molar-refractivity contribution in [1.29, 1.82) is 0 Å². The molecule has 17 heavy (non-hydrogen) atoms. The Hall–Kier alpha value is -1.10. The second kappa shape index (κ2) is 3.70. The lowest BCUT2D eigenvalue weighted by Crippen LogP contribution is -2.53. The highest BCUT2D eigenvalue weighted by molar-refractivity contribution is 5.42. The van der Waals surface area contributed by atoms with E-state index >= 15 is 0 Å². The first-order valence-electron chi connectivity index (χ1n) is 5.69. The van der Waals surface area contributed by atoms with Crippen molar-refractivity contribution in [3.63, 3.8) is 0 Å². The lowest BCUT2D eigenvalue weighted by atomic mass is 9.92. The predicted octanol–water partition coefficient (Wildman–Crippen LogP) is 1.90. The number of para-hydroxylation sites is 1. The first-order valence-corrected chi connectivity index (χ1v) is 5.69. The summed E-state index contributed by atoms with van der Waals surface area (Å²) in [5.41, 5.74) is 0.517. The van der Waals surface area contributed by atoms with Gasteiger partial charge in [0.25, 0.3) is 0 Å². The summed E-state index contributed by atoms with van der Waals surface area (Å²) in [7, 11) is 3.22. The van der Waals surface area contributed by atoms with Crippen LogP contribution in [0.25, 0.3) is 0 Å². The molecule has 2 heterocycles. The van der Waals surface area contributed by atoms with Crippen molar-refractivity contribution in [2.45, 2.75) is 31.0 Å². The Labute approximate surface area is 100 Å². The molecule has 2 unspecified atom stereocenters. The normalized spacial score (nSPS) is 33.9. The Kier molecular flexibility index (Phi) is 2.40. The van der Waals surface area contributed by atoms with Gasteiger partial charge in [0.05, 0.1) is 0 Å². The third-order valence-electron chi connectivity index (χ3n) is 3.51. The standard InChI is InChI=1S/C13H16O4/c1-13(12(14-2)15-3)11-10(16-11)8-6-4-5-7-9(8)17-13/h4-7,10-12H,1-3H3/t10?,11?,13-/m1/s1. The quantitative estimate of drug-likeness (QED) is 0.593. The zero-order chi connectivity index (χ0) is 12.0. The Morgan fingerprint density at radius 2 is 1.94 bits per heavy atom. The fraction of sp³-hybridized carbons (Fsp3) is 0.538. The van der Waals surface area contributed by atoms with E-state index in [2.05, 4.69) is 0 Å². The van der Waals surface area contributed by atoms with Crippen LogP contribution < -0.4 is 4.74 Å². The molecule has 1 saturated heterocycles. The van der Waals surface area contributed by atoms with Crippen LogP contribution in [0.1, 0.15) is 18.6 Å². The molecule has 0 radical (unpaired) electrons. The Morgan fingerprint density at radius 1 is 1.24 bits per heavy atom. The summed E-state index contributed by atoms with van der Waals surface area (Å²) < 4.78 is 22.4. The number of rotatable bonds is 3. The van der Waals surface area contributed by atoms with Crippen LogP contribution in [0, 0.1) is 0 Å². The van der Waals surface area contributed by atoms with Crippen molar-refractivity contribution in [3.8, 4) is 5.75 Å². The van der Waals surface area contributed by atoms with Crippen LogP contribution in [-0.4, -0.2) is 32.2 Å². The predicted molar refractivity (Wildman–Crippen MR) is 60.9 cm³/mol. The Morgan fingerprint density at radius 3 is 2.65 bits per heavy atom. The molecule has 1 fully saturated rings. The second-order valence-corrected chi connectivity index (χ2v) is 4.60. The van der Waals surface area contributed by atoms with Crippen LogP contribution in [-0.2, 0) is 14.2 Å². The molecular formula is C13H16O4. The summed E-state index contributed by atoms with van der Waals surface area (Å²) in [6, 6.07) is 7.94. The molecule has 0 bridgehead atoms. The molecule has 4 nitrogen and oxygen atoms in total. The smallest absolute Gasteiger partial charge is 0.199 e. The summed E-state index contributed by atoms with van der Waals surface area (Å²) >= 11 is 0. The minimum Gasteiger partial charge on any atom is -0.479 e. The van der Waals surface area contributed by atoms with Gasteiger partial charge in [-0.1, -0.05) is 18.2 Å². The summed E-state index contributed by atoms with van der Waals surface area (Å²) in [5.74, 6) is 0.854. The van der Waals surface area contributed by atoms with Crippen molar-refractivity contribution >= 4 is 0 Å². The highest BCUT2D eigenvalue weighted by atomic mass is 16.7. The highest BCUT2D eigenvalue weighted by Crippen LogP contribution is 2.54. The molecule has 2 aliphatic heterocycles. The van der Waals surface area contributed by atoms with E-state index in [9.17, 15) is 0 Å². The van der Waals surface area contributed by atoms with Crippen LogP contribution in [0.5, 0.6) is 5.75 Å². The summed E-state index contributed by atoms with van der Waals surface area (Å²) in [4.78, 5) is 0. The summed E-state index contributed by atoms with van der Waals surface area (Å²) in [5, 5.41) is 0. The van der Waals surface area contributed by atoms with Gasteiger partial charge in [-0.15, -0.1) is 0 Å². The molecule has 1 aromatic carbocycles. The minimum atomic E-state index is -0.595. The third-order valence-corrected chi connectivity index (χ3v) is 3.51. The van der Waals surface area contributed by atoms with E-state index < -0.39 is 11.9 Å². The van der Waals surface area contributed by atoms with E-state index in [0.29, 0.717) is 0 Å². The van der Waals surface area contributed by atoms with Gasteiger partial charge in [-0.3, -0.25) is 0 Å². The number of benzene rings is 1. The van der Waals surface area contributed by atoms with Crippen molar-refractivity contribution < 1.29 is 18.9 Å². The molecule has 0 amide bonds. The van der Waals surface area contributed by atoms with Crippen LogP contribution in [0.2, 0.25) is 0 Å². The van der Waals surface area contributed by atoms with Crippen LogP contribution in [0.15, 0.2) is 24.3 Å². The Bertz CT molecular complexity index is 429. The molecular weight excluding hydrogens is 220 g/mol. The van der Waals surface area contributed by atoms with Gasteiger partial charge < -0.3 is 18.9 Å². The zero-order valence-electron chi connectivity index (χ0n) is 10.2. The molecule has 2 aliphatic rings. The van der Waals surface area contributed by atoms with Gasteiger partial charge in [0.15, 0.2) is 11.9 Å². The highest BCUT2D eigenvalue weighted by Gasteiger charge is 2.62. The van der Waals surface area contributed by atoms with Crippen LogP contribution in [0.3, 0.4) is 0 Å². The Balaban J connectivity index is 1.97. The molecule has 1 aromatic rings. The SMILES string of the molecule is COC(OC)[C@]1(C)Oc2ccccc2C2OC21. The maximum atomic E-state index is 6.04. The van der Waals surface area contributed by atoms with Crippen molar-refractivity contribution in [1.82, 2.24) is 0 Å². The molecule has 0 aromatic heterocycles. The average molecular weight is 236 g/mol. The maximum absolute atomic E-state index is 6.04. The molecule has 0 aliphatic carbocycles. The topological polar surface area (TPSA) is 40.2 Å². The van der Waals surface area contributed by atoms with E-state index in [1.807, 2.05) is 31.2 Å². The summed E-state index contributed by atoms with van der Waals surface area (Å²) in [6.07, 6.45) is -0.328. The van der Waals surface area contributed by atoms with Gasteiger partial charge in [-0.25, -0.2) is 0 Å². The number of fused-ring (bicyclic) bond motifs is 3. The second-order valence-electron chi connectivity index (χ2n) is 4.60. The zero-order valence-corrected chi connectivity index (χ0v) is 10.2. The number of hydrogen-bond donors (Lipinski definition) is 0. The van der Waals surface area contributed by atoms with E-state index in [1.54, 1.807) is 14.2 Å². The molecule has 4 heteroatoms. The molecule has 0 spiro atoms. The van der Waals surface area contributed by atoms with Crippen LogP contribution >= 0.6 is 0 Å². The molecule has 0 saturated carbocycles. The number of hydrogen-bond acceptors (Lipinski definition) is 4. The number of ether oxygens (including phenoxy) is 4. The molecule has 0 N–H and O–H groups in total. The molecule has 3 atom stereocenters. The summed E-state index contributed by atoms with van der Waals surface area (Å²) in [6.45, 7) is 1.96. The van der Waals surface area contributed by atoms with E-state index in [-0.39, 0.29) is 12.2 Å². The molecule has 92 valence electrons. The monoisotopic (exact) mass is 236 g/mol. The molecule has 3 rings (SSSR count). The van der Waals surface area contributed by atoms with E-state index in [0.717, 1.165) is 11.3 Å². The van der Waals surface area contributed by atoms with Gasteiger partial charge in [-0.05, 0) is 13.0 Å². The van der Waals surface area contributed by atoms with Gasteiger partial charge in [-0.2, -0.15) is 0 Å². The van der Waals surface area contributed by atoms with Gasteiger partial charge in [0.1, 0.15) is 18.0 Å². The number of methoxy groups -OCH3 is 2.